The van der Waals surface area contributed by atoms with Gasteiger partial charge in [0.1, 0.15) is 5.25 Å². The van der Waals surface area contributed by atoms with E-state index in [9.17, 15) is 18.5 Å². The number of hydrogen-bond donors (Lipinski definition) is 0. The van der Waals surface area contributed by atoms with E-state index < -0.39 is 32.4 Å². The maximum absolute atomic E-state index is 13.4. The van der Waals surface area contributed by atoms with Crippen molar-refractivity contribution in [3.8, 4) is 17.6 Å². The Labute approximate surface area is 168 Å². The van der Waals surface area contributed by atoms with Crippen LogP contribution < -0.4 is 9.47 Å². The predicted octanol–water partition coefficient (Wildman–Crippen LogP) is 2.74. The highest BCUT2D eigenvalue weighted by atomic mass is 32.2. The van der Waals surface area contributed by atoms with Gasteiger partial charge in [0.05, 0.1) is 17.6 Å². The fourth-order valence-electron chi connectivity index (χ4n) is 3.87. The first kappa shape index (κ1) is 19.3. The van der Waals surface area contributed by atoms with E-state index in [1.807, 2.05) is 13.0 Å². The lowest BCUT2D eigenvalue weighted by Gasteiger charge is -2.09. The Bertz CT molecular complexity index is 1120. The van der Waals surface area contributed by atoms with Crippen LogP contribution >= 0.6 is 0 Å². The number of sulfone groups is 1. The maximum Gasteiger partial charge on any atom is 0.328 e. The van der Waals surface area contributed by atoms with Crippen LogP contribution in [0.1, 0.15) is 24.0 Å². The number of hydrogen-bond acceptors (Lipinski definition) is 7. The second-order valence-electron chi connectivity index (χ2n) is 7.07. The molecule has 7 nitrogen and oxygen atoms in total. The molecule has 0 radical (unpaired) electrons. The predicted molar refractivity (Wildman–Crippen MR) is 102 cm³/mol. The third kappa shape index (κ3) is 2.85. The van der Waals surface area contributed by atoms with Gasteiger partial charge in [-0.05, 0) is 43.7 Å². The first-order valence-electron chi connectivity index (χ1n) is 9.15. The zero-order valence-electron chi connectivity index (χ0n) is 15.9. The van der Waals surface area contributed by atoms with Crippen LogP contribution in [0.15, 0.2) is 47.4 Å². The molecule has 2 aromatic carbocycles. The van der Waals surface area contributed by atoms with Gasteiger partial charge in [-0.15, -0.1) is 0 Å². The van der Waals surface area contributed by atoms with Gasteiger partial charge in [0.2, 0.25) is 6.79 Å². The highest BCUT2D eigenvalue weighted by Crippen LogP contribution is 2.65. The number of rotatable bonds is 5. The SMILES string of the molecule is CCOC(=O)C1(C#N)C(c2ccc3c(c2)OCO3)C1S(=O)(=O)c1ccc(C)cc1. The number of fused-ring (bicyclic) bond motifs is 1. The second-order valence-corrected chi connectivity index (χ2v) is 9.14. The summed E-state index contributed by atoms with van der Waals surface area (Å²) >= 11 is 0. The van der Waals surface area contributed by atoms with E-state index in [1.54, 1.807) is 37.3 Å². The van der Waals surface area contributed by atoms with Gasteiger partial charge in [-0.2, -0.15) is 5.26 Å². The topological polar surface area (TPSA) is 103 Å². The fraction of sp³-hybridized carbons (Fsp3) is 0.333. The molecule has 29 heavy (non-hydrogen) atoms. The second kappa shape index (κ2) is 6.78. The summed E-state index contributed by atoms with van der Waals surface area (Å²) in [5.41, 5.74) is -0.387. The summed E-state index contributed by atoms with van der Waals surface area (Å²) in [6.45, 7) is 3.58. The lowest BCUT2D eigenvalue weighted by atomic mass is 10.0. The number of nitriles is 1. The van der Waals surface area contributed by atoms with Gasteiger partial charge in [0, 0.05) is 5.92 Å². The molecule has 0 spiro atoms. The Morgan fingerprint density at radius 3 is 2.55 bits per heavy atom. The van der Waals surface area contributed by atoms with E-state index >= 15 is 0 Å². The van der Waals surface area contributed by atoms with E-state index in [2.05, 4.69) is 0 Å². The molecule has 0 N–H and O–H groups in total. The molecular formula is C21H19NO6S. The van der Waals surface area contributed by atoms with Gasteiger partial charge >= 0.3 is 5.97 Å². The van der Waals surface area contributed by atoms with Crippen LogP contribution in [0.3, 0.4) is 0 Å². The van der Waals surface area contributed by atoms with Crippen molar-refractivity contribution >= 4 is 15.8 Å². The van der Waals surface area contributed by atoms with Crippen LogP contribution in [0.5, 0.6) is 11.5 Å². The van der Waals surface area contributed by atoms with Gasteiger partial charge in [-0.25, -0.2) is 8.42 Å². The highest BCUT2D eigenvalue weighted by Gasteiger charge is 2.77. The van der Waals surface area contributed by atoms with Crippen molar-refractivity contribution in [1.82, 2.24) is 0 Å². The summed E-state index contributed by atoms with van der Waals surface area (Å²) in [6.07, 6.45) is 0. The van der Waals surface area contributed by atoms with Crippen LogP contribution in [0.25, 0.3) is 0 Å². The molecule has 3 atom stereocenters. The monoisotopic (exact) mass is 413 g/mol. The zero-order valence-corrected chi connectivity index (χ0v) is 16.7. The van der Waals surface area contributed by atoms with Crippen molar-refractivity contribution in [2.24, 2.45) is 5.41 Å². The molecule has 0 bridgehead atoms. The molecular weight excluding hydrogens is 394 g/mol. The molecule has 150 valence electrons. The fourth-order valence-corrected chi connectivity index (χ4v) is 6.12. The van der Waals surface area contributed by atoms with Crippen LogP contribution in [-0.4, -0.2) is 33.0 Å². The highest BCUT2D eigenvalue weighted by molar-refractivity contribution is 7.92. The number of carbonyl (C=O) groups excluding carboxylic acids is 1. The molecule has 1 aliphatic heterocycles. The van der Waals surface area contributed by atoms with E-state index in [4.69, 9.17) is 14.2 Å². The summed E-state index contributed by atoms with van der Waals surface area (Å²) in [5, 5.41) is 8.68. The standard InChI is InChI=1S/C21H19NO6S/c1-3-26-20(23)21(11-22)18(14-6-9-16-17(10-14)28-12-27-16)19(21)29(24,25)15-7-4-13(2)5-8-15/h4-10,18-19H,3,12H2,1-2H3. The molecule has 1 heterocycles. The summed E-state index contributed by atoms with van der Waals surface area (Å²) in [6, 6.07) is 13.3. The van der Waals surface area contributed by atoms with Crippen LogP contribution in [0.2, 0.25) is 0 Å². The Kier molecular flexibility index (Phi) is 4.50. The number of benzene rings is 2. The Balaban J connectivity index is 1.82. The number of nitrogens with zero attached hydrogens (tertiary/aromatic N) is 1. The third-order valence-electron chi connectivity index (χ3n) is 5.37. The van der Waals surface area contributed by atoms with Crippen LogP contribution in [0, 0.1) is 23.7 Å². The number of carbonyl (C=O) groups is 1. The number of esters is 1. The molecule has 2 aromatic rings. The lowest BCUT2D eigenvalue weighted by molar-refractivity contribution is -0.147. The Hall–Kier alpha value is -3.05. The first-order valence-corrected chi connectivity index (χ1v) is 10.7. The number of ether oxygens (including phenoxy) is 3. The van der Waals surface area contributed by atoms with Crippen molar-refractivity contribution in [2.75, 3.05) is 13.4 Å². The molecule has 0 amide bonds. The van der Waals surface area contributed by atoms with Gasteiger partial charge in [0.25, 0.3) is 0 Å². The first-order chi connectivity index (χ1) is 13.9. The molecule has 0 aromatic heterocycles. The summed E-state index contributed by atoms with van der Waals surface area (Å²) < 4.78 is 42.6. The maximum atomic E-state index is 13.4. The molecule has 1 fully saturated rings. The Morgan fingerprint density at radius 2 is 1.90 bits per heavy atom. The minimum Gasteiger partial charge on any atom is -0.465 e. The lowest BCUT2D eigenvalue weighted by Crippen LogP contribution is -2.25. The molecule has 8 heteroatoms. The Morgan fingerprint density at radius 1 is 1.21 bits per heavy atom. The summed E-state index contributed by atoms with van der Waals surface area (Å²) in [4.78, 5) is 12.8. The largest absolute Gasteiger partial charge is 0.465 e. The smallest absolute Gasteiger partial charge is 0.328 e. The summed E-state index contributed by atoms with van der Waals surface area (Å²) in [5.74, 6) is -0.708. The molecule has 4 rings (SSSR count). The summed E-state index contributed by atoms with van der Waals surface area (Å²) in [7, 11) is -3.97. The third-order valence-corrected chi connectivity index (χ3v) is 7.61. The number of aryl methyl sites for hydroxylation is 1. The minimum absolute atomic E-state index is 0.0490. The molecule has 2 aliphatic rings. The van der Waals surface area contributed by atoms with Gasteiger partial charge in [-0.1, -0.05) is 23.8 Å². The molecule has 1 saturated carbocycles. The van der Waals surface area contributed by atoms with Crippen LogP contribution in [-0.2, 0) is 19.4 Å². The van der Waals surface area contributed by atoms with Crippen molar-refractivity contribution in [2.45, 2.75) is 29.9 Å². The van der Waals surface area contributed by atoms with Crippen molar-refractivity contribution < 1.29 is 27.4 Å². The van der Waals surface area contributed by atoms with Gasteiger partial charge in [0.15, 0.2) is 26.8 Å². The average Bonchev–Trinajstić information content (AvgIpc) is 3.20. The van der Waals surface area contributed by atoms with Gasteiger partial charge < -0.3 is 14.2 Å². The van der Waals surface area contributed by atoms with E-state index in [1.165, 1.54) is 12.1 Å². The molecule has 0 saturated heterocycles. The van der Waals surface area contributed by atoms with Crippen molar-refractivity contribution in [3.05, 3.63) is 53.6 Å². The van der Waals surface area contributed by atoms with Gasteiger partial charge in [-0.3, -0.25) is 4.79 Å². The zero-order chi connectivity index (χ0) is 20.8. The molecule has 1 aliphatic carbocycles. The van der Waals surface area contributed by atoms with Crippen molar-refractivity contribution in [1.29, 1.82) is 5.26 Å². The minimum atomic E-state index is -3.97. The van der Waals surface area contributed by atoms with E-state index in [-0.39, 0.29) is 18.3 Å². The van der Waals surface area contributed by atoms with E-state index in [0.717, 1.165) is 5.56 Å². The normalized spacial score (nSPS) is 24.6. The molecule has 3 unspecified atom stereocenters. The van der Waals surface area contributed by atoms with Crippen LogP contribution in [0.4, 0.5) is 0 Å². The van der Waals surface area contributed by atoms with Crippen molar-refractivity contribution in [3.63, 3.8) is 0 Å². The van der Waals surface area contributed by atoms with E-state index in [0.29, 0.717) is 17.1 Å². The average molecular weight is 413 g/mol. The quantitative estimate of drug-likeness (QED) is 0.695.